The third-order valence-electron chi connectivity index (χ3n) is 8.05. The van der Waals surface area contributed by atoms with Gasteiger partial charge in [0.2, 0.25) is 5.82 Å². The second-order valence-electron chi connectivity index (χ2n) is 11.0. The highest BCUT2D eigenvalue weighted by atomic mass is 15.4. The van der Waals surface area contributed by atoms with Gasteiger partial charge in [-0.3, -0.25) is 20.0 Å². The van der Waals surface area contributed by atoms with Crippen molar-refractivity contribution in [2.75, 3.05) is 25.5 Å². The molecule has 11 heteroatoms. The molecule has 11 nitrogen and oxygen atoms in total. The number of aromatic amines is 1. The number of nitrogens with one attached hydrogen (secondary N) is 2. The summed E-state index contributed by atoms with van der Waals surface area (Å²) in [5.41, 5.74) is 6.56. The molecule has 2 N–H and O–H groups in total. The molecule has 7 aromatic rings. The minimum absolute atomic E-state index is 0.307. The van der Waals surface area contributed by atoms with E-state index in [-0.39, 0.29) is 0 Å². The van der Waals surface area contributed by atoms with Crippen LogP contribution in [0.5, 0.6) is 0 Å². The number of hydrogen-bond acceptors (Lipinski definition) is 9. The molecule has 8 rings (SSSR count). The molecular weight excluding hydrogens is 562 g/mol. The Morgan fingerprint density at radius 3 is 2.22 bits per heavy atom. The second-order valence-corrected chi connectivity index (χ2v) is 11.0. The van der Waals surface area contributed by atoms with Crippen LogP contribution >= 0.6 is 0 Å². The minimum atomic E-state index is 0.307. The van der Waals surface area contributed by atoms with Crippen LogP contribution in [0, 0.1) is 0 Å². The van der Waals surface area contributed by atoms with Crippen LogP contribution in [0.1, 0.15) is 17.3 Å². The van der Waals surface area contributed by atoms with Crippen molar-refractivity contribution in [1.29, 1.82) is 0 Å². The van der Waals surface area contributed by atoms with E-state index in [1.165, 1.54) is 5.56 Å². The Morgan fingerprint density at radius 2 is 1.51 bits per heavy atom. The molecule has 0 atom stereocenters. The molecule has 45 heavy (non-hydrogen) atoms. The van der Waals surface area contributed by atoms with Gasteiger partial charge in [-0.1, -0.05) is 66.7 Å². The average Bonchev–Trinajstić information content (AvgIpc) is 3.75. The molecule has 0 unspecified atom stereocenters. The van der Waals surface area contributed by atoms with Crippen LogP contribution in [0.2, 0.25) is 0 Å². The number of pyridine rings is 2. The van der Waals surface area contributed by atoms with Gasteiger partial charge < -0.3 is 5.32 Å². The van der Waals surface area contributed by atoms with Crippen molar-refractivity contribution in [3.8, 4) is 45.4 Å². The average molecular weight is 592 g/mol. The molecule has 1 aliphatic rings. The van der Waals surface area contributed by atoms with Crippen LogP contribution in [-0.4, -0.2) is 69.8 Å². The van der Waals surface area contributed by atoms with E-state index in [1.807, 2.05) is 61.6 Å². The summed E-state index contributed by atoms with van der Waals surface area (Å²) >= 11 is 0. The van der Waals surface area contributed by atoms with E-state index in [4.69, 9.17) is 20.1 Å². The third-order valence-corrected chi connectivity index (χ3v) is 8.05. The molecule has 6 heterocycles. The molecule has 2 aromatic carbocycles. The van der Waals surface area contributed by atoms with Crippen LogP contribution in [0.25, 0.3) is 51.2 Å². The van der Waals surface area contributed by atoms with E-state index >= 15 is 0 Å². The van der Waals surface area contributed by atoms with Gasteiger partial charge in [0, 0.05) is 50.6 Å². The first kappa shape index (κ1) is 26.8. The van der Waals surface area contributed by atoms with Gasteiger partial charge in [-0.25, -0.2) is 9.97 Å². The van der Waals surface area contributed by atoms with Crippen LogP contribution in [0.4, 0.5) is 5.82 Å². The van der Waals surface area contributed by atoms with Gasteiger partial charge in [0.05, 0.1) is 11.3 Å². The smallest absolute Gasteiger partial charge is 0.255 e. The Labute approximate surface area is 259 Å². The van der Waals surface area contributed by atoms with E-state index in [0.29, 0.717) is 29.0 Å². The van der Waals surface area contributed by atoms with Crippen molar-refractivity contribution in [2.45, 2.75) is 12.5 Å². The molecule has 5 aromatic heterocycles. The lowest BCUT2D eigenvalue weighted by Gasteiger charge is -2.37. The molecular formula is C34H29N11. The topological polar surface area (TPSA) is 126 Å². The Bertz CT molecular complexity index is 2070. The maximum absolute atomic E-state index is 5.05. The number of aromatic nitrogens is 9. The summed E-state index contributed by atoms with van der Waals surface area (Å²) in [5, 5.41) is 15.6. The molecule has 0 radical (unpaired) electrons. The fraction of sp³-hybridized carbons (Fsp3) is 0.147. The second kappa shape index (κ2) is 11.4. The summed E-state index contributed by atoms with van der Waals surface area (Å²) in [4.78, 5) is 25.7. The first-order valence-electron chi connectivity index (χ1n) is 14.8. The van der Waals surface area contributed by atoms with Crippen molar-refractivity contribution in [3.05, 3.63) is 115 Å². The molecule has 0 spiro atoms. The summed E-state index contributed by atoms with van der Waals surface area (Å²) in [7, 11) is 1.90. The molecule has 0 aliphatic carbocycles. The predicted molar refractivity (Wildman–Crippen MR) is 172 cm³/mol. The SMILES string of the molecule is CNc1c(-c2ccccc2)c(-c2ccc(CN3CC(c4n[nH]c(-c5ccccn5)n4)C3)cc2)nc2nc(-c3ccccn3)nn12. The molecule has 1 aliphatic heterocycles. The monoisotopic (exact) mass is 591 g/mol. The Hall–Kier alpha value is -5.81. The van der Waals surface area contributed by atoms with E-state index in [9.17, 15) is 0 Å². The summed E-state index contributed by atoms with van der Waals surface area (Å²) < 4.78 is 1.76. The molecule has 1 saturated heterocycles. The van der Waals surface area contributed by atoms with Gasteiger partial charge >= 0.3 is 0 Å². The molecule has 1 fully saturated rings. The zero-order chi connectivity index (χ0) is 30.2. The maximum Gasteiger partial charge on any atom is 0.255 e. The number of likely N-dealkylation sites (tertiary alicyclic amines) is 1. The predicted octanol–water partition coefficient (Wildman–Crippen LogP) is 5.34. The first-order valence-corrected chi connectivity index (χ1v) is 14.8. The van der Waals surface area contributed by atoms with Crippen LogP contribution in [-0.2, 0) is 6.54 Å². The van der Waals surface area contributed by atoms with Gasteiger partial charge in [-0.15, -0.1) is 5.10 Å². The van der Waals surface area contributed by atoms with Crippen LogP contribution in [0.3, 0.4) is 0 Å². The van der Waals surface area contributed by atoms with Crippen molar-refractivity contribution < 1.29 is 0 Å². The lowest BCUT2D eigenvalue weighted by atomic mass is 9.97. The van der Waals surface area contributed by atoms with E-state index < -0.39 is 0 Å². The van der Waals surface area contributed by atoms with Gasteiger partial charge in [0.15, 0.2) is 11.6 Å². The van der Waals surface area contributed by atoms with Gasteiger partial charge in [0.1, 0.15) is 17.2 Å². The van der Waals surface area contributed by atoms with Crippen LogP contribution in [0.15, 0.2) is 103 Å². The highest BCUT2D eigenvalue weighted by molar-refractivity contribution is 5.89. The number of anilines is 1. The summed E-state index contributed by atoms with van der Waals surface area (Å²) in [6, 6.07) is 30.4. The fourth-order valence-electron chi connectivity index (χ4n) is 5.79. The Kier molecular flexibility index (Phi) is 6.76. The molecule has 0 amide bonds. The molecule has 220 valence electrons. The van der Waals surface area contributed by atoms with E-state index in [1.54, 1.807) is 16.9 Å². The largest absolute Gasteiger partial charge is 0.372 e. The Balaban J connectivity index is 1.06. The highest BCUT2D eigenvalue weighted by Gasteiger charge is 2.31. The fourth-order valence-corrected chi connectivity index (χ4v) is 5.79. The summed E-state index contributed by atoms with van der Waals surface area (Å²) in [6.45, 7) is 2.68. The number of H-pyrrole nitrogens is 1. The summed E-state index contributed by atoms with van der Waals surface area (Å²) in [5.74, 6) is 3.70. The van der Waals surface area contributed by atoms with Gasteiger partial charge in [-0.2, -0.15) is 14.6 Å². The van der Waals surface area contributed by atoms with Gasteiger partial charge in [-0.05, 0) is 35.4 Å². The number of fused-ring (bicyclic) bond motifs is 1. The lowest BCUT2D eigenvalue weighted by molar-refractivity contribution is 0.135. The lowest BCUT2D eigenvalue weighted by Crippen LogP contribution is -2.44. The quantitative estimate of drug-likeness (QED) is 0.241. The standard InChI is InChI=1S/C34H29N11/c1-35-33-28(23-9-3-2-4-10-23)29(38-34-40-32(43-45(33)34)27-12-6-8-18-37-27)24-15-13-22(14-16-24)19-44-20-25(21-44)30-39-31(42-41-30)26-11-5-7-17-36-26/h2-18,25,35H,19-21H2,1H3,(H,39,41,42). The number of benzene rings is 2. The van der Waals surface area contributed by atoms with Crippen molar-refractivity contribution in [1.82, 2.24) is 49.6 Å². The summed E-state index contributed by atoms with van der Waals surface area (Å²) in [6.07, 6.45) is 3.50. The van der Waals surface area contributed by atoms with Crippen molar-refractivity contribution in [3.63, 3.8) is 0 Å². The van der Waals surface area contributed by atoms with Crippen molar-refractivity contribution >= 4 is 11.6 Å². The van der Waals surface area contributed by atoms with Crippen molar-refractivity contribution in [2.24, 2.45) is 0 Å². The number of rotatable bonds is 8. The highest BCUT2D eigenvalue weighted by Crippen LogP contribution is 2.37. The molecule has 0 saturated carbocycles. The normalized spacial score (nSPS) is 13.6. The van der Waals surface area contributed by atoms with E-state index in [0.717, 1.165) is 59.4 Å². The van der Waals surface area contributed by atoms with E-state index in [2.05, 4.69) is 66.8 Å². The third kappa shape index (κ3) is 5.08. The van der Waals surface area contributed by atoms with Gasteiger partial charge in [0.25, 0.3) is 5.78 Å². The first-order chi connectivity index (χ1) is 22.2. The maximum atomic E-state index is 5.05. The minimum Gasteiger partial charge on any atom is -0.372 e. The van der Waals surface area contributed by atoms with Crippen LogP contribution < -0.4 is 5.32 Å². The Morgan fingerprint density at radius 1 is 0.778 bits per heavy atom. The zero-order valence-electron chi connectivity index (χ0n) is 24.5. The zero-order valence-corrected chi connectivity index (χ0v) is 24.5. The molecule has 0 bridgehead atoms. The number of nitrogens with zero attached hydrogens (tertiary/aromatic N) is 9. The number of hydrogen-bond donors (Lipinski definition) is 2.